The summed E-state index contributed by atoms with van der Waals surface area (Å²) in [7, 11) is 0. The molecule has 1 aliphatic rings. The fourth-order valence-electron chi connectivity index (χ4n) is 3.64. The van der Waals surface area contributed by atoms with Gasteiger partial charge in [-0.25, -0.2) is 0 Å². The predicted octanol–water partition coefficient (Wildman–Crippen LogP) is 4.18. The average Bonchev–Trinajstić information content (AvgIpc) is 2.62. The lowest BCUT2D eigenvalue weighted by atomic mass is 9.88. The minimum Gasteiger partial charge on any atom is -0.494 e. The van der Waals surface area contributed by atoms with E-state index in [4.69, 9.17) is 10.5 Å². The lowest BCUT2D eigenvalue weighted by Gasteiger charge is -2.38. The molecule has 0 saturated carbocycles. The molecule has 0 aliphatic carbocycles. The number of benzene rings is 2. The van der Waals surface area contributed by atoms with E-state index in [0.717, 1.165) is 44.7 Å². The summed E-state index contributed by atoms with van der Waals surface area (Å²) < 4.78 is 5.69. The topological polar surface area (TPSA) is 38.5 Å². The minimum atomic E-state index is 0.236. The molecule has 2 aromatic carbocycles. The van der Waals surface area contributed by atoms with Crippen LogP contribution in [-0.2, 0) is 6.42 Å². The number of hydrogen-bond donors (Lipinski definition) is 1. The highest BCUT2D eigenvalue weighted by Crippen LogP contribution is 2.27. The van der Waals surface area contributed by atoms with Gasteiger partial charge in [-0.05, 0) is 61.9 Å². The first-order chi connectivity index (χ1) is 12.1. The second kappa shape index (κ2) is 8.39. The minimum absolute atomic E-state index is 0.236. The largest absolute Gasteiger partial charge is 0.494 e. The standard InChI is InChI=1S/C22H30N2O/c1-3-12-25-22-10-8-21(9-11-22)24-15-19(14-20(23)16-24)13-18-6-4-17(2)5-7-18/h4-11,19-20H,3,12-16,23H2,1-2H3. The van der Waals surface area contributed by atoms with Gasteiger partial charge in [0.15, 0.2) is 0 Å². The van der Waals surface area contributed by atoms with Gasteiger partial charge in [0.1, 0.15) is 5.75 Å². The zero-order chi connectivity index (χ0) is 17.6. The third-order valence-electron chi connectivity index (χ3n) is 4.89. The molecule has 2 N–H and O–H groups in total. The second-order valence-corrected chi connectivity index (χ2v) is 7.30. The SMILES string of the molecule is CCCOc1ccc(N2CC(N)CC(Cc3ccc(C)cc3)C2)cc1. The molecular formula is C22H30N2O. The number of anilines is 1. The fraction of sp³-hybridized carbons (Fsp3) is 0.455. The van der Waals surface area contributed by atoms with Gasteiger partial charge in [0, 0.05) is 24.8 Å². The molecule has 3 heteroatoms. The van der Waals surface area contributed by atoms with Crippen LogP contribution in [0.15, 0.2) is 48.5 Å². The monoisotopic (exact) mass is 338 g/mol. The molecule has 1 fully saturated rings. The maximum Gasteiger partial charge on any atom is 0.119 e. The fourth-order valence-corrected chi connectivity index (χ4v) is 3.64. The van der Waals surface area contributed by atoms with Gasteiger partial charge in [0.2, 0.25) is 0 Å². The Morgan fingerprint density at radius 2 is 1.76 bits per heavy atom. The van der Waals surface area contributed by atoms with E-state index in [1.807, 2.05) is 0 Å². The first-order valence-electron chi connectivity index (χ1n) is 9.43. The molecule has 0 aromatic heterocycles. The van der Waals surface area contributed by atoms with E-state index < -0.39 is 0 Å². The molecule has 3 rings (SSSR count). The summed E-state index contributed by atoms with van der Waals surface area (Å²) in [5.41, 5.74) is 10.3. The average molecular weight is 338 g/mol. The molecule has 0 bridgehead atoms. The van der Waals surface area contributed by atoms with E-state index in [0.29, 0.717) is 5.92 Å². The number of piperidine rings is 1. The van der Waals surface area contributed by atoms with Crippen LogP contribution in [0.25, 0.3) is 0 Å². The molecule has 1 heterocycles. The molecule has 3 nitrogen and oxygen atoms in total. The second-order valence-electron chi connectivity index (χ2n) is 7.30. The number of aryl methyl sites for hydroxylation is 1. The maximum absolute atomic E-state index is 6.36. The number of nitrogens with zero attached hydrogens (tertiary/aromatic N) is 1. The van der Waals surface area contributed by atoms with E-state index in [-0.39, 0.29) is 6.04 Å². The van der Waals surface area contributed by atoms with E-state index in [1.165, 1.54) is 16.8 Å². The highest BCUT2D eigenvalue weighted by Gasteiger charge is 2.25. The molecular weight excluding hydrogens is 308 g/mol. The Labute approximate surface area is 151 Å². The Kier molecular flexibility index (Phi) is 5.98. The molecule has 2 atom stereocenters. The predicted molar refractivity (Wildman–Crippen MR) is 105 cm³/mol. The zero-order valence-electron chi connectivity index (χ0n) is 15.4. The van der Waals surface area contributed by atoms with Gasteiger partial charge < -0.3 is 15.4 Å². The van der Waals surface area contributed by atoms with Gasteiger partial charge in [0.25, 0.3) is 0 Å². The van der Waals surface area contributed by atoms with Crippen molar-refractivity contribution >= 4 is 5.69 Å². The quantitative estimate of drug-likeness (QED) is 0.859. The molecule has 0 amide bonds. The Hall–Kier alpha value is -2.00. The number of hydrogen-bond acceptors (Lipinski definition) is 3. The summed E-state index contributed by atoms with van der Waals surface area (Å²) in [4.78, 5) is 2.43. The molecule has 1 aliphatic heterocycles. The van der Waals surface area contributed by atoms with E-state index >= 15 is 0 Å². The van der Waals surface area contributed by atoms with Crippen LogP contribution in [-0.4, -0.2) is 25.7 Å². The van der Waals surface area contributed by atoms with Crippen LogP contribution in [0.4, 0.5) is 5.69 Å². The zero-order valence-corrected chi connectivity index (χ0v) is 15.4. The third-order valence-corrected chi connectivity index (χ3v) is 4.89. The summed E-state index contributed by atoms with van der Waals surface area (Å²) in [6.07, 6.45) is 3.23. The van der Waals surface area contributed by atoms with Crippen molar-refractivity contribution in [3.8, 4) is 5.75 Å². The summed E-state index contributed by atoms with van der Waals surface area (Å²) in [6.45, 7) is 7.02. The van der Waals surface area contributed by atoms with Crippen molar-refractivity contribution in [3.63, 3.8) is 0 Å². The van der Waals surface area contributed by atoms with Crippen molar-refractivity contribution < 1.29 is 4.74 Å². The lowest BCUT2D eigenvalue weighted by molar-refractivity contribution is 0.317. The summed E-state index contributed by atoms with van der Waals surface area (Å²) in [6, 6.07) is 17.6. The number of nitrogens with two attached hydrogens (primary N) is 1. The van der Waals surface area contributed by atoms with Gasteiger partial charge in [-0.15, -0.1) is 0 Å². The molecule has 2 unspecified atom stereocenters. The number of rotatable bonds is 6. The summed E-state index contributed by atoms with van der Waals surface area (Å²) in [5, 5.41) is 0. The molecule has 1 saturated heterocycles. The Bertz CT molecular complexity index is 651. The molecule has 0 spiro atoms. The van der Waals surface area contributed by atoms with Gasteiger partial charge >= 0.3 is 0 Å². The third kappa shape index (κ3) is 4.99. The van der Waals surface area contributed by atoms with E-state index in [1.54, 1.807) is 0 Å². The van der Waals surface area contributed by atoms with Crippen LogP contribution in [0, 0.1) is 12.8 Å². The highest BCUT2D eigenvalue weighted by molar-refractivity contribution is 5.49. The van der Waals surface area contributed by atoms with Crippen molar-refractivity contribution in [3.05, 3.63) is 59.7 Å². The molecule has 2 aromatic rings. The van der Waals surface area contributed by atoms with Crippen LogP contribution >= 0.6 is 0 Å². The number of ether oxygens (including phenoxy) is 1. The normalized spacial score (nSPS) is 20.5. The van der Waals surface area contributed by atoms with Crippen molar-refractivity contribution in [2.24, 2.45) is 11.7 Å². The van der Waals surface area contributed by atoms with Crippen molar-refractivity contribution in [2.45, 2.75) is 39.2 Å². The van der Waals surface area contributed by atoms with Crippen molar-refractivity contribution in [1.29, 1.82) is 0 Å². The van der Waals surface area contributed by atoms with Crippen molar-refractivity contribution in [2.75, 3.05) is 24.6 Å². The van der Waals surface area contributed by atoms with Crippen LogP contribution in [0.3, 0.4) is 0 Å². The van der Waals surface area contributed by atoms with Gasteiger partial charge in [-0.3, -0.25) is 0 Å². The van der Waals surface area contributed by atoms with Crippen LogP contribution in [0.5, 0.6) is 5.75 Å². The maximum atomic E-state index is 6.36. The van der Waals surface area contributed by atoms with Gasteiger partial charge in [-0.2, -0.15) is 0 Å². The first-order valence-corrected chi connectivity index (χ1v) is 9.43. The van der Waals surface area contributed by atoms with Gasteiger partial charge in [0.05, 0.1) is 6.61 Å². The first kappa shape index (κ1) is 17.8. The summed E-state index contributed by atoms with van der Waals surface area (Å²) >= 11 is 0. The Morgan fingerprint density at radius 1 is 1.04 bits per heavy atom. The van der Waals surface area contributed by atoms with E-state index in [2.05, 4.69) is 67.3 Å². The summed E-state index contributed by atoms with van der Waals surface area (Å²) in [5.74, 6) is 1.55. The van der Waals surface area contributed by atoms with Crippen molar-refractivity contribution in [1.82, 2.24) is 0 Å². The van der Waals surface area contributed by atoms with E-state index in [9.17, 15) is 0 Å². The van der Waals surface area contributed by atoms with Crippen LogP contribution in [0.1, 0.15) is 30.9 Å². The Balaban J connectivity index is 1.64. The lowest BCUT2D eigenvalue weighted by Crippen LogP contribution is -2.47. The highest BCUT2D eigenvalue weighted by atomic mass is 16.5. The van der Waals surface area contributed by atoms with Gasteiger partial charge in [-0.1, -0.05) is 36.8 Å². The molecule has 134 valence electrons. The van der Waals surface area contributed by atoms with Crippen LogP contribution < -0.4 is 15.4 Å². The smallest absolute Gasteiger partial charge is 0.119 e. The molecule has 25 heavy (non-hydrogen) atoms. The van der Waals surface area contributed by atoms with Crippen LogP contribution in [0.2, 0.25) is 0 Å². The molecule has 0 radical (unpaired) electrons. The Morgan fingerprint density at radius 3 is 2.44 bits per heavy atom.